The highest BCUT2D eigenvalue weighted by atomic mass is 16.4. The third-order valence-electron chi connectivity index (χ3n) is 7.98. The number of carboxylic acid groups (broad SMARTS) is 1. The van der Waals surface area contributed by atoms with Crippen molar-refractivity contribution in [1.29, 1.82) is 0 Å². The first-order chi connectivity index (χ1) is 23.2. The van der Waals surface area contributed by atoms with Crippen molar-refractivity contribution >= 4 is 53.3 Å². The third-order valence-corrected chi connectivity index (χ3v) is 7.98. The van der Waals surface area contributed by atoms with E-state index in [1.165, 1.54) is 4.90 Å². The maximum absolute atomic E-state index is 13.9. The molecule has 5 atom stereocenters. The van der Waals surface area contributed by atoms with E-state index >= 15 is 0 Å². The average molecular weight is 697 g/mol. The number of nitrogens with zero attached hydrogens (tertiary/aromatic N) is 2. The molecule has 2 saturated heterocycles. The van der Waals surface area contributed by atoms with Crippen LogP contribution in [-0.4, -0.2) is 125 Å². The van der Waals surface area contributed by atoms with Gasteiger partial charge in [0, 0.05) is 38.9 Å². The molecule has 0 radical (unpaired) electrons. The van der Waals surface area contributed by atoms with Crippen LogP contribution in [0.15, 0.2) is 4.99 Å². The SMILES string of the molecule is NC(=O)CCC1NC(=O)C(CO)NC(=O)CCC(=O)NCCCCC(C(=O)O)NC(=O)C2CCCN2C(=O)C(CCCN=C(N)N)NC1=O. The summed E-state index contributed by atoms with van der Waals surface area (Å²) in [6, 6.07) is -6.55. The molecule has 0 saturated carbocycles. The van der Waals surface area contributed by atoms with Gasteiger partial charge in [-0.1, -0.05) is 0 Å². The van der Waals surface area contributed by atoms with Gasteiger partial charge in [0.1, 0.15) is 30.2 Å². The first kappa shape index (κ1) is 40.2. The Morgan fingerprint density at radius 1 is 0.796 bits per heavy atom. The fraction of sp³-hybridized carbons (Fsp3) is 0.690. The lowest BCUT2D eigenvalue weighted by Crippen LogP contribution is -2.59. The zero-order valence-electron chi connectivity index (χ0n) is 27.3. The number of carbonyl (C=O) groups is 8. The van der Waals surface area contributed by atoms with Crippen LogP contribution < -0.4 is 43.8 Å². The van der Waals surface area contributed by atoms with E-state index < -0.39 is 84.1 Å². The summed E-state index contributed by atoms with van der Waals surface area (Å²) in [5.74, 6) is -6.72. The molecule has 0 spiro atoms. The molecule has 2 aliphatic heterocycles. The minimum Gasteiger partial charge on any atom is -0.480 e. The highest BCUT2D eigenvalue weighted by molar-refractivity contribution is 5.96. The Morgan fingerprint density at radius 2 is 1.47 bits per heavy atom. The molecule has 20 nitrogen and oxygen atoms in total. The zero-order valence-corrected chi connectivity index (χ0v) is 27.3. The lowest BCUT2D eigenvalue weighted by molar-refractivity contribution is -0.145. The smallest absolute Gasteiger partial charge is 0.326 e. The number of primary amides is 1. The number of nitrogens with two attached hydrogens (primary N) is 3. The predicted molar refractivity (Wildman–Crippen MR) is 172 cm³/mol. The maximum atomic E-state index is 13.9. The Morgan fingerprint density at radius 3 is 2.12 bits per heavy atom. The summed E-state index contributed by atoms with van der Waals surface area (Å²) in [7, 11) is 0. The van der Waals surface area contributed by atoms with E-state index in [1.807, 2.05) is 0 Å². The molecule has 49 heavy (non-hydrogen) atoms. The summed E-state index contributed by atoms with van der Waals surface area (Å²) < 4.78 is 0. The number of aliphatic hydroxyl groups is 1. The molecule has 2 aliphatic rings. The minimum absolute atomic E-state index is 0.0114. The van der Waals surface area contributed by atoms with Gasteiger partial charge in [-0.05, 0) is 51.4 Å². The standard InChI is InChI=1S/C29H48N10O10/c30-21(41)9-8-16-24(44)37-17(6-3-13-34-29(31)32)27(47)39-14-4-7-20(39)26(46)38-18(28(48)49)5-1-2-12-33-22(42)10-11-23(43)35-19(15-40)25(45)36-16/h16-20,40H,1-15H2,(H2,30,41)(H,33,42)(H,35,43)(H,36,45)(H,37,44)(H,38,46)(H,48,49)(H4,31,32,34). The molecule has 0 aromatic carbocycles. The summed E-state index contributed by atoms with van der Waals surface area (Å²) in [5.41, 5.74) is 16.1. The fourth-order valence-corrected chi connectivity index (χ4v) is 5.37. The Hall–Kier alpha value is -5.01. The van der Waals surface area contributed by atoms with Gasteiger partial charge >= 0.3 is 5.97 Å². The molecule has 20 heteroatoms. The normalized spacial score (nSPS) is 25.5. The number of fused-ring (bicyclic) bond motifs is 1. The number of carboxylic acids is 1. The van der Waals surface area contributed by atoms with E-state index in [1.54, 1.807) is 0 Å². The van der Waals surface area contributed by atoms with Crippen molar-refractivity contribution in [3.05, 3.63) is 0 Å². The summed E-state index contributed by atoms with van der Waals surface area (Å²) in [4.78, 5) is 107. The van der Waals surface area contributed by atoms with E-state index in [4.69, 9.17) is 17.2 Å². The van der Waals surface area contributed by atoms with Crippen LogP contribution in [0.4, 0.5) is 0 Å². The second-order valence-electron chi connectivity index (χ2n) is 11.8. The molecule has 2 heterocycles. The summed E-state index contributed by atoms with van der Waals surface area (Å²) in [5, 5.41) is 31.9. The molecule has 7 amide bonds. The van der Waals surface area contributed by atoms with Crippen molar-refractivity contribution in [2.24, 2.45) is 22.2 Å². The van der Waals surface area contributed by atoms with Gasteiger partial charge in [0.2, 0.25) is 41.4 Å². The Labute approximate surface area is 282 Å². The minimum atomic E-state index is -1.52. The van der Waals surface area contributed by atoms with Crippen LogP contribution in [-0.2, 0) is 38.4 Å². The zero-order chi connectivity index (χ0) is 36.5. The molecule has 2 rings (SSSR count). The van der Waals surface area contributed by atoms with Crippen molar-refractivity contribution in [3.8, 4) is 0 Å². The quantitative estimate of drug-likeness (QED) is 0.0618. The molecule has 0 aromatic rings. The van der Waals surface area contributed by atoms with E-state index in [0.717, 1.165) is 0 Å². The van der Waals surface area contributed by atoms with E-state index in [2.05, 4.69) is 31.6 Å². The predicted octanol–water partition coefficient (Wildman–Crippen LogP) is -4.61. The second-order valence-corrected chi connectivity index (χ2v) is 11.8. The first-order valence-electron chi connectivity index (χ1n) is 16.2. The molecule has 5 unspecified atom stereocenters. The van der Waals surface area contributed by atoms with Crippen LogP contribution in [0, 0.1) is 0 Å². The Kier molecular flexibility index (Phi) is 16.7. The van der Waals surface area contributed by atoms with Gasteiger partial charge in [-0.3, -0.25) is 38.6 Å². The lowest BCUT2D eigenvalue weighted by Gasteiger charge is -2.30. The monoisotopic (exact) mass is 696 g/mol. The molecule has 13 N–H and O–H groups in total. The lowest BCUT2D eigenvalue weighted by atomic mass is 10.1. The van der Waals surface area contributed by atoms with Crippen LogP contribution in [0.3, 0.4) is 0 Å². The number of aliphatic imine (C=N–C) groups is 1. The van der Waals surface area contributed by atoms with Crippen LogP contribution in [0.25, 0.3) is 0 Å². The number of rotatable bonds is 9. The van der Waals surface area contributed by atoms with Crippen molar-refractivity contribution in [3.63, 3.8) is 0 Å². The molecule has 0 aromatic heterocycles. The van der Waals surface area contributed by atoms with Crippen LogP contribution in [0.2, 0.25) is 0 Å². The van der Waals surface area contributed by atoms with Crippen LogP contribution in [0.5, 0.6) is 0 Å². The van der Waals surface area contributed by atoms with Gasteiger partial charge in [-0.2, -0.15) is 0 Å². The topological polar surface area (TPSA) is 331 Å². The van der Waals surface area contributed by atoms with Gasteiger partial charge in [0.15, 0.2) is 5.96 Å². The number of carbonyl (C=O) groups excluding carboxylic acids is 7. The highest BCUT2D eigenvalue weighted by Crippen LogP contribution is 2.21. The number of hydrogen-bond acceptors (Lipinski definition) is 10. The van der Waals surface area contributed by atoms with Crippen molar-refractivity contribution in [2.75, 3.05) is 26.2 Å². The molecular formula is C29H48N10O10. The molecule has 0 bridgehead atoms. The molecule has 0 aliphatic carbocycles. The summed E-state index contributed by atoms with van der Waals surface area (Å²) in [6.07, 6.45) is 0.324. The number of hydrogen-bond donors (Lipinski definition) is 10. The van der Waals surface area contributed by atoms with Gasteiger partial charge in [-0.25, -0.2) is 4.79 Å². The van der Waals surface area contributed by atoms with Crippen LogP contribution in [0.1, 0.15) is 70.6 Å². The van der Waals surface area contributed by atoms with Crippen molar-refractivity contribution in [2.45, 2.75) is 101 Å². The van der Waals surface area contributed by atoms with Gasteiger partial charge in [0.25, 0.3) is 0 Å². The second kappa shape index (κ2) is 20.4. The van der Waals surface area contributed by atoms with Gasteiger partial charge in [-0.15, -0.1) is 0 Å². The molecule has 274 valence electrons. The maximum Gasteiger partial charge on any atom is 0.326 e. The van der Waals surface area contributed by atoms with Crippen molar-refractivity contribution in [1.82, 2.24) is 31.5 Å². The average Bonchev–Trinajstić information content (AvgIpc) is 3.54. The van der Waals surface area contributed by atoms with E-state index in [9.17, 15) is 48.6 Å². The number of amides is 7. The number of aliphatic hydroxyl groups excluding tert-OH is 1. The van der Waals surface area contributed by atoms with Crippen molar-refractivity contribution < 1.29 is 48.6 Å². The summed E-state index contributed by atoms with van der Waals surface area (Å²) in [6.45, 7) is -0.470. The Balaban J connectivity index is 2.42. The van der Waals surface area contributed by atoms with E-state index in [-0.39, 0.29) is 77.0 Å². The van der Waals surface area contributed by atoms with Crippen LogP contribution >= 0.6 is 0 Å². The largest absolute Gasteiger partial charge is 0.480 e. The molecule has 2 fully saturated rings. The number of aliphatic carboxylic acids is 1. The molecular weight excluding hydrogens is 648 g/mol. The van der Waals surface area contributed by atoms with Gasteiger partial charge in [0.05, 0.1) is 6.61 Å². The first-order valence-corrected chi connectivity index (χ1v) is 16.2. The Bertz CT molecular complexity index is 1260. The third kappa shape index (κ3) is 13.9. The fourth-order valence-electron chi connectivity index (χ4n) is 5.37. The number of nitrogens with one attached hydrogen (secondary N) is 5. The number of guanidine groups is 1. The summed E-state index contributed by atoms with van der Waals surface area (Å²) >= 11 is 0. The highest BCUT2D eigenvalue weighted by Gasteiger charge is 2.39. The van der Waals surface area contributed by atoms with Gasteiger partial charge < -0.3 is 58.9 Å². The van der Waals surface area contributed by atoms with E-state index in [0.29, 0.717) is 19.3 Å².